The van der Waals surface area contributed by atoms with Crippen molar-refractivity contribution in [1.29, 1.82) is 0 Å². The summed E-state index contributed by atoms with van der Waals surface area (Å²) in [5.41, 5.74) is 3.94. The number of hydrogen-bond acceptors (Lipinski definition) is 2. The van der Waals surface area contributed by atoms with Crippen molar-refractivity contribution in [2.24, 2.45) is 7.05 Å². The summed E-state index contributed by atoms with van der Waals surface area (Å²) in [5, 5.41) is 7.63. The van der Waals surface area contributed by atoms with E-state index >= 15 is 0 Å². The number of rotatable bonds is 3. The number of anilines is 1. The Morgan fingerprint density at radius 2 is 2.11 bits per heavy atom. The number of benzene rings is 1. The fourth-order valence-electron chi connectivity index (χ4n) is 1.87. The third-order valence-electron chi connectivity index (χ3n) is 2.96. The minimum Gasteiger partial charge on any atom is -0.378 e. The summed E-state index contributed by atoms with van der Waals surface area (Å²) in [4.78, 5) is 0. The molecule has 2 aromatic rings. The highest BCUT2D eigenvalue weighted by molar-refractivity contribution is 9.10. The highest BCUT2D eigenvalue weighted by Gasteiger charge is 2.09. The van der Waals surface area contributed by atoms with Crippen molar-refractivity contribution in [3.05, 3.63) is 45.4 Å². The SMILES string of the molecule is Cc1nn(C)c(C)c1NCc1ccc(Br)c(F)c1. The Balaban J connectivity index is 2.14. The highest BCUT2D eigenvalue weighted by atomic mass is 79.9. The van der Waals surface area contributed by atoms with Crippen LogP contribution in [-0.4, -0.2) is 9.78 Å². The van der Waals surface area contributed by atoms with Gasteiger partial charge < -0.3 is 5.32 Å². The molecule has 5 heteroatoms. The number of aromatic nitrogens is 2. The molecule has 0 amide bonds. The summed E-state index contributed by atoms with van der Waals surface area (Å²) in [6.07, 6.45) is 0. The first-order valence-electron chi connectivity index (χ1n) is 5.67. The number of nitrogens with one attached hydrogen (secondary N) is 1. The van der Waals surface area contributed by atoms with E-state index in [-0.39, 0.29) is 5.82 Å². The van der Waals surface area contributed by atoms with Crippen LogP contribution in [0.5, 0.6) is 0 Å². The molecule has 0 bridgehead atoms. The summed E-state index contributed by atoms with van der Waals surface area (Å²) >= 11 is 3.14. The summed E-state index contributed by atoms with van der Waals surface area (Å²) in [6, 6.07) is 5.13. The molecule has 1 heterocycles. The van der Waals surface area contributed by atoms with Gasteiger partial charge in [0.2, 0.25) is 0 Å². The molecule has 96 valence electrons. The Hall–Kier alpha value is -1.36. The van der Waals surface area contributed by atoms with Gasteiger partial charge in [0.1, 0.15) is 5.82 Å². The first-order chi connectivity index (χ1) is 8.49. The quantitative estimate of drug-likeness (QED) is 0.939. The molecule has 0 saturated heterocycles. The van der Waals surface area contributed by atoms with E-state index in [1.807, 2.05) is 31.6 Å². The van der Waals surface area contributed by atoms with E-state index < -0.39 is 0 Å². The molecule has 1 aromatic heterocycles. The van der Waals surface area contributed by atoms with E-state index in [1.54, 1.807) is 6.07 Å². The van der Waals surface area contributed by atoms with Crippen LogP contribution in [0, 0.1) is 19.7 Å². The van der Waals surface area contributed by atoms with Gasteiger partial charge in [-0.3, -0.25) is 4.68 Å². The molecule has 0 spiro atoms. The minimum atomic E-state index is -0.242. The standard InChI is InChI=1S/C13H15BrFN3/c1-8-13(9(2)18(3)17-8)16-7-10-4-5-11(14)12(15)6-10/h4-6,16H,7H2,1-3H3. The van der Waals surface area contributed by atoms with Crippen LogP contribution in [0.2, 0.25) is 0 Å². The van der Waals surface area contributed by atoms with Crippen molar-refractivity contribution in [2.45, 2.75) is 20.4 Å². The van der Waals surface area contributed by atoms with Gasteiger partial charge in [-0.05, 0) is 47.5 Å². The van der Waals surface area contributed by atoms with Gasteiger partial charge in [-0.25, -0.2) is 4.39 Å². The number of hydrogen-bond donors (Lipinski definition) is 1. The van der Waals surface area contributed by atoms with E-state index in [4.69, 9.17) is 0 Å². The van der Waals surface area contributed by atoms with Crippen molar-refractivity contribution in [1.82, 2.24) is 9.78 Å². The Bertz CT molecular complexity index is 578. The fourth-order valence-corrected chi connectivity index (χ4v) is 2.12. The molecule has 1 N–H and O–H groups in total. The summed E-state index contributed by atoms with van der Waals surface area (Å²) in [5.74, 6) is -0.242. The van der Waals surface area contributed by atoms with Gasteiger partial charge in [0.05, 0.1) is 21.5 Å². The van der Waals surface area contributed by atoms with Crippen LogP contribution in [0.3, 0.4) is 0 Å². The molecule has 2 rings (SSSR count). The van der Waals surface area contributed by atoms with E-state index in [9.17, 15) is 4.39 Å². The summed E-state index contributed by atoms with van der Waals surface area (Å²) in [7, 11) is 1.91. The molecule has 18 heavy (non-hydrogen) atoms. The fraction of sp³-hybridized carbons (Fsp3) is 0.308. The van der Waals surface area contributed by atoms with Gasteiger partial charge in [-0.2, -0.15) is 5.10 Å². The van der Waals surface area contributed by atoms with Gasteiger partial charge in [0.15, 0.2) is 0 Å². The third kappa shape index (κ3) is 2.56. The Morgan fingerprint density at radius 1 is 1.39 bits per heavy atom. The lowest BCUT2D eigenvalue weighted by Crippen LogP contribution is -2.02. The molecule has 0 atom stereocenters. The van der Waals surface area contributed by atoms with E-state index in [1.165, 1.54) is 6.07 Å². The van der Waals surface area contributed by atoms with Crippen molar-refractivity contribution in [2.75, 3.05) is 5.32 Å². The lowest BCUT2D eigenvalue weighted by Gasteiger charge is -2.07. The maximum Gasteiger partial charge on any atom is 0.137 e. The molecule has 0 aliphatic heterocycles. The molecule has 0 radical (unpaired) electrons. The van der Waals surface area contributed by atoms with Crippen LogP contribution < -0.4 is 5.32 Å². The highest BCUT2D eigenvalue weighted by Crippen LogP contribution is 2.21. The molecule has 3 nitrogen and oxygen atoms in total. The minimum absolute atomic E-state index is 0.242. The second-order valence-corrected chi connectivity index (χ2v) is 5.13. The monoisotopic (exact) mass is 311 g/mol. The van der Waals surface area contributed by atoms with Crippen molar-refractivity contribution >= 4 is 21.6 Å². The maximum atomic E-state index is 13.4. The second-order valence-electron chi connectivity index (χ2n) is 4.27. The smallest absolute Gasteiger partial charge is 0.137 e. The van der Waals surface area contributed by atoms with Crippen molar-refractivity contribution in [3.63, 3.8) is 0 Å². The lowest BCUT2D eigenvalue weighted by atomic mass is 10.2. The topological polar surface area (TPSA) is 29.9 Å². The zero-order valence-electron chi connectivity index (χ0n) is 10.6. The number of aryl methyl sites for hydroxylation is 2. The van der Waals surface area contributed by atoms with Crippen LogP contribution in [0.4, 0.5) is 10.1 Å². The Morgan fingerprint density at radius 3 is 2.67 bits per heavy atom. The van der Waals surface area contributed by atoms with E-state index in [2.05, 4.69) is 26.3 Å². The third-order valence-corrected chi connectivity index (χ3v) is 3.61. The lowest BCUT2D eigenvalue weighted by molar-refractivity contribution is 0.619. The Labute approximate surface area is 114 Å². The van der Waals surface area contributed by atoms with Gasteiger partial charge in [0, 0.05) is 13.6 Å². The summed E-state index contributed by atoms with van der Waals surface area (Å²) < 4.78 is 15.7. The van der Waals surface area contributed by atoms with Crippen LogP contribution in [0.15, 0.2) is 22.7 Å². The van der Waals surface area contributed by atoms with Crippen LogP contribution in [0.25, 0.3) is 0 Å². The molecule has 0 fully saturated rings. The molecule has 0 saturated carbocycles. The van der Waals surface area contributed by atoms with Gasteiger partial charge in [0.25, 0.3) is 0 Å². The molecule has 0 aliphatic carbocycles. The van der Waals surface area contributed by atoms with E-state index in [0.29, 0.717) is 11.0 Å². The van der Waals surface area contributed by atoms with Gasteiger partial charge >= 0.3 is 0 Å². The first kappa shape index (κ1) is 13.1. The van der Waals surface area contributed by atoms with Crippen LogP contribution in [-0.2, 0) is 13.6 Å². The van der Waals surface area contributed by atoms with Crippen LogP contribution in [0.1, 0.15) is 17.0 Å². The first-order valence-corrected chi connectivity index (χ1v) is 6.46. The average molecular weight is 312 g/mol. The molecule has 0 aliphatic rings. The second kappa shape index (κ2) is 5.10. The predicted octanol–water partition coefficient (Wildman–Crippen LogP) is 3.55. The molecule has 0 unspecified atom stereocenters. The number of nitrogens with zero attached hydrogens (tertiary/aromatic N) is 2. The van der Waals surface area contributed by atoms with Gasteiger partial charge in [-0.15, -0.1) is 0 Å². The molecular formula is C13H15BrFN3. The van der Waals surface area contributed by atoms with Crippen molar-refractivity contribution in [3.8, 4) is 0 Å². The molecule has 1 aromatic carbocycles. The van der Waals surface area contributed by atoms with E-state index in [0.717, 1.165) is 22.6 Å². The Kier molecular flexibility index (Phi) is 3.71. The maximum absolute atomic E-state index is 13.4. The largest absolute Gasteiger partial charge is 0.378 e. The average Bonchev–Trinajstić information content (AvgIpc) is 2.56. The van der Waals surface area contributed by atoms with Crippen molar-refractivity contribution < 1.29 is 4.39 Å². The molecular weight excluding hydrogens is 297 g/mol. The van der Waals surface area contributed by atoms with Gasteiger partial charge in [-0.1, -0.05) is 6.07 Å². The number of halogens is 2. The van der Waals surface area contributed by atoms with Crippen LogP contribution >= 0.6 is 15.9 Å². The zero-order chi connectivity index (χ0) is 13.3. The zero-order valence-corrected chi connectivity index (χ0v) is 12.2. The predicted molar refractivity (Wildman–Crippen MR) is 74.1 cm³/mol. The normalized spacial score (nSPS) is 10.7. The summed E-state index contributed by atoms with van der Waals surface area (Å²) in [6.45, 7) is 4.54.